The third kappa shape index (κ3) is 2.39. The molecule has 1 amide bonds. The number of benzene rings is 2. The zero-order valence-electron chi connectivity index (χ0n) is 11.1. The molecule has 1 aromatic heterocycles. The van der Waals surface area contributed by atoms with Gasteiger partial charge in [-0.1, -0.05) is 12.1 Å². The average Bonchev–Trinajstić information content (AvgIpc) is 2.93. The topological polar surface area (TPSA) is 57.8 Å². The zero-order valence-corrected chi connectivity index (χ0v) is 11.1. The van der Waals surface area contributed by atoms with Gasteiger partial charge >= 0.3 is 0 Å². The summed E-state index contributed by atoms with van der Waals surface area (Å²) >= 11 is 0. The summed E-state index contributed by atoms with van der Waals surface area (Å²) < 4.78 is 66.3. The fourth-order valence-corrected chi connectivity index (χ4v) is 1.99. The van der Waals surface area contributed by atoms with E-state index in [-0.39, 0.29) is 5.95 Å². The van der Waals surface area contributed by atoms with E-state index < -0.39 is 40.6 Å². The van der Waals surface area contributed by atoms with Crippen molar-refractivity contribution in [3.05, 3.63) is 58.9 Å². The second kappa shape index (κ2) is 5.34. The van der Waals surface area contributed by atoms with Gasteiger partial charge in [-0.2, -0.15) is 0 Å². The maximum atomic E-state index is 13.5. The molecule has 0 fully saturated rings. The molecule has 0 unspecified atom stereocenters. The molecular formula is C14H6F5N3O. The zero-order chi connectivity index (χ0) is 16.7. The smallest absolute Gasteiger partial charge is 0.264 e. The maximum Gasteiger partial charge on any atom is 0.264 e. The van der Waals surface area contributed by atoms with E-state index in [1.54, 1.807) is 24.3 Å². The minimum Gasteiger partial charge on any atom is -0.324 e. The second-order valence-electron chi connectivity index (χ2n) is 4.50. The molecule has 0 radical (unpaired) electrons. The van der Waals surface area contributed by atoms with Crippen molar-refractivity contribution >= 4 is 22.9 Å². The van der Waals surface area contributed by atoms with Crippen molar-refractivity contribution in [2.24, 2.45) is 0 Å². The minimum atomic E-state index is -2.33. The van der Waals surface area contributed by atoms with Gasteiger partial charge in [0, 0.05) is 0 Å². The highest BCUT2D eigenvalue weighted by atomic mass is 19.2. The predicted molar refractivity (Wildman–Crippen MR) is 70.3 cm³/mol. The van der Waals surface area contributed by atoms with Gasteiger partial charge < -0.3 is 4.98 Å². The standard InChI is InChI=1S/C14H6F5N3O/c15-8-7(9(16)11(18)12(19)10(8)17)13(23)22-14-20-5-3-1-2-4-6(5)21-14/h1-4H,(H2,20,21,22,23). The molecule has 0 aliphatic heterocycles. The van der Waals surface area contributed by atoms with Crippen molar-refractivity contribution in [1.29, 1.82) is 0 Å². The Kier molecular flexibility index (Phi) is 3.47. The van der Waals surface area contributed by atoms with Crippen molar-refractivity contribution in [2.75, 3.05) is 5.32 Å². The Morgan fingerprint density at radius 2 is 1.48 bits per heavy atom. The number of halogens is 5. The van der Waals surface area contributed by atoms with Gasteiger partial charge in [0.15, 0.2) is 23.3 Å². The van der Waals surface area contributed by atoms with Crippen molar-refractivity contribution < 1.29 is 26.7 Å². The number of amides is 1. The minimum absolute atomic E-state index is 0.194. The van der Waals surface area contributed by atoms with Crippen LogP contribution in [0.2, 0.25) is 0 Å². The SMILES string of the molecule is O=C(Nc1nc2ccccc2[nH]1)c1c(F)c(F)c(F)c(F)c1F. The molecule has 0 saturated heterocycles. The Balaban J connectivity index is 2.01. The van der Waals surface area contributed by atoms with E-state index in [2.05, 4.69) is 9.97 Å². The van der Waals surface area contributed by atoms with E-state index in [9.17, 15) is 26.7 Å². The molecule has 0 atom stereocenters. The van der Waals surface area contributed by atoms with Crippen LogP contribution < -0.4 is 5.32 Å². The lowest BCUT2D eigenvalue weighted by molar-refractivity contribution is 0.101. The van der Waals surface area contributed by atoms with Crippen LogP contribution in [0.4, 0.5) is 27.9 Å². The molecule has 3 aromatic rings. The number of carbonyl (C=O) groups excluding carboxylic acids is 1. The monoisotopic (exact) mass is 327 g/mol. The Morgan fingerprint density at radius 1 is 0.913 bits per heavy atom. The third-order valence-corrected chi connectivity index (χ3v) is 3.06. The van der Waals surface area contributed by atoms with Crippen LogP contribution in [0.1, 0.15) is 10.4 Å². The first-order valence-corrected chi connectivity index (χ1v) is 6.17. The van der Waals surface area contributed by atoms with Crippen molar-refractivity contribution in [2.45, 2.75) is 0 Å². The van der Waals surface area contributed by atoms with Gasteiger partial charge in [0.1, 0.15) is 5.56 Å². The van der Waals surface area contributed by atoms with E-state index in [0.717, 1.165) is 0 Å². The number of fused-ring (bicyclic) bond motifs is 1. The van der Waals surface area contributed by atoms with E-state index >= 15 is 0 Å². The van der Waals surface area contributed by atoms with Gasteiger partial charge in [0.2, 0.25) is 11.8 Å². The van der Waals surface area contributed by atoms with Crippen molar-refractivity contribution in [1.82, 2.24) is 9.97 Å². The van der Waals surface area contributed by atoms with E-state index in [4.69, 9.17) is 0 Å². The summed E-state index contributed by atoms with van der Waals surface area (Å²) in [7, 11) is 0. The van der Waals surface area contributed by atoms with E-state index in [0.29, 0.717) is 11.0 Å². The Morgan fingerprint density at radius 3 is 2.09 bits per heavy atom. The molecule has 2 aromatic carbocycles. The Hall–Kier alpha value is -2.97. The first-order chi connectivity index (χ1) is 10.9. The molecule has 0 aliphatic rings. The molecule has 118 valence electrons. The van der Waals surface area contributed by atoms with Gasteiger partial charge in [-0.05, 0) is 12.1 Å². The number of nitrogens with zero attached hydrogens (tertiary/aromatic N) is 1. The highest BCUT2D eigenvalue weighted by molar-refractivity contribution is 6.04. The van der Waals surface area contributed by atoms with Crippen LogP contribution in [0.25, 0.3) is 11.0 Å². The van der Waals surface area contributed by atoms with Crippen molar-refractivity contribution in [3.8, 4) is 0 Å². The van der Waals surface area contributed by atoms with Crippen LogP contribution in [0.3, 0.4) is 0 Å². The number of hydrogen-bond donors (Lipinski definition) is 2. The van der Waals surface area contributed by atoms with Crippen LogP contribution in [-0.2, 0) is 0 Å². The van der Waals surface area contributed by atoms with Crippen LogP contribution in [0.5, 0.6) is 0 Å². The summed E-state index contributed by atoms with van der Waals surface area (Å²) in [5.41, 5.74) is -0.623. The first kappa shape index (κ1) is 14.9. The lowest BCUT2D eigenvalue weighted by Crippen LogP contribution is -2.19. The number of H-pyrrole nitrogens is 1. The number of nitrogens with one attached hydrogen (secondary N) is 2. The molecule has 9 heteroatoms. The molecule has 23 heavy (non-hydrogen) atoms. The van der Waals surface area contributed by atoms with E-state index in [1.165, 1.54) is 0 Å². The molecule has 0 saturated carbocycles. The number of rotatable bonds is 2. The molecule has 4 nitrogen and oxygen atoms in total. The largest absolute Gasteiger partial charge is 0.324 e. The van der Waals surface area contributed by atoms with Gasteiger partial charge in [-0.3, -0.25) is 10.1 Å². The van der Waals surface area contributed by atoms with Gasteiger partial charge in [0.25, 0.3) is 5.91 Å². The fraction of sp³-hybridized carbons (Fsp3) is 0. The molecule has 1 heterocycles. The van der Waals surface area contributed by atoms with Gasteiger partial charge in [-0.25, -0.2) is 26.9 Å². The summed E-state index contributed by atoms with van der Waals surface area (Å²) in [5.74, 6) is -12.9. The molecule has 0 spiro atoms. The van der Waals surface area contributed by atoms with Gasteiger partial charge in [-0.15, -0.1) is 0 Å². The number of imidazole rings is 1. The molecule has 3 rings (SSSR count). The molecule has 2 N–H and O–H groups in total. The summed E-state index contributed by atoms with van der Waals surface area (Å²) in [6.45, 7) is 0. The van der Waals surface area contributed by atoms with Crippen LogP contribution >= 0.6 is 0 Å². The van der Waals surface area contributed by atoms with Crippen LogP contribution in [0.15, 0.2) is 24.3 Å². The lowest BCUT2D eigenvalue weighted by atomic mass is 10.1. The Labute approximate surface area is 125 Å². The predicted octanol–water partition coefficient (Wildman–Crippen LogP) is 3.51. The summed E-state index contributed by atoms with van der Waals surface area (Å²) in [6, 6.07) is 6.56. The Bertz CT molecular complexity index is 876. The number of para-hydroxylation sites is 2. The molecule has 0 aliphatic carbocycles. The molecular weight excluding hydrogens is 321 g/mol. The van der Waals surface area contributed by atoms with Crippen LogP contribution in [-0.4, -0.2) is 15.9 Å². The fourth-order valence-electron chi connectivity index (χ4n) is 1.99. The summed E-state index contributed by atoms with van der Waals surface area (Å²) in [5, 5.41) is 1.96. The first-order valence-electron chi connectivity index (χ1n) is 6.17. The number of carbonyl (C=O) groups is 1. The highest BCUT2D eigenvalue weighted by Gasteiger charge is 2.30. The lowest BCUT2D eigenvalue weighted by Gasteiger charge is -2.07. The normalized spacial score (nSPS) is 11.0. The summed E-state index contributed by atoms with van der Waals surface area (Å²) in [6.07, 6.45) is 0. The third-order valence-electron chi connectivity index (χ3n) is 3.06. The highest BCUT2D eigenvalue weighted by Crippen LogP contribution is 2.24. The average molecular weight is 327 g/mol. The number of anilines is 1. The molecule has 0 bridgehead atoms. The van der Waals surface area contributed by atoms with Crippen LogP contribution in [0, 0.1) is 29.1 Å². The van der Waals surface area contributed by atoms with E-state index in [1.807, 2.05) is 5.32 Å². The van der Waals surface area contributed by atoms with Gasteiger partial charge in [0.05, 0.1) is 11.0 Å². The van der Waals surface area contributed by atoms with Crippen molar-refractivity contribution in [3.63, 3.8) is 0 Å². The second-order valence-corrected chi connectivity index (χ2v) is 4.50. The number of hydrogen-bond acceptors (Lipinski definition) is 2. The number of aromatic nitrogens is 2. The quantitative estimate of drug-likeness (QED) is 0.430. The summed E-state index contributed by atoms with van der Waals surface area (Å²) in [4.78, 5) is 18.4. The maximum absolute atomic E-state index is 13.5. The number of aromatic amines is 1.